The predicted octanol–water partition coefficient (Wildman–Crippen LogP) is 3.51. The molecule has 2 aliphatic heterocycles. The maximum Gasteiger partial charge on any atom is 0.261 e. The van der Waals surface area contributed by atoms with Crippen molar-refractivity contribution in [2.24, 2.45) is 0 Å². The Balaban J connectivity index is 1.17. The molecule has 10 nitrogen and oxygen atoms in total. The molecule has 6 rings (SSSR count). The van der Waals surface area contributed by atoms with Gasteiger partial charge in [-0.2, -0.15) is 0 Å². The zero-order chi connectivity index (χ0) is 29.4. The third kappa shape index (κ3) is 5.75. The fraction of sp³-hybridized carbons (Fsp3) is 0.433. The second-order valence-corrected chi connectivity index (χ2v) is 14.7. The van der Waals surface area contributed by atoms with Gasteiger partial charge in [0.15, 0.2) is 9.84 Å². The lowest BCUT2D eigenvalue weighted by Gasteiger charge is -2.36. The van der Waals surface area contributed by atoms with Crippen LogP contribution in [0.1, 0.15) is 40.6 Å². The quantitative estimate of drug-likeness (QED) is 0.283. The van der Waals surface area contributed by atoms with Crippen molar-refractivity contribution >= 4 is 43.8 Å². The number of H-pyrrole nitrogens is 2. The maximum absolute atomic E-state index is 13.5. The molecule has 0 saturated carbocycles. The van der Waals surface area contributed by atoms with E-state index < -0.39 is 9.84 Å². The van der Waals surface area contributed by atoms with E-state index in [0.717, 1.165) is 61.2 Å². The van der Waals surface area contributed by atoms with Crippen molar-refractivity contribution in [3.8, 4) is 11.4 Å². The number of hydrogen-bond acceptors (Lipinski definition) is 8. The van der Waals surface area contributed by atoms with Crippen molar-refractivity contribution in [1.29, 1.82) is 0 Å². The number of amides is 1. The third-order valence-corrected chi connectivity index (χ3v) is 11.2. The number of fused-ring (bicyclic) bond motifs is 2. The zero-order valence-electron chi connectivity index (χ0n) is 23.9. The fourth-order valence-corrected chi connectivity index (χ4v) is 7.51. The maximum atomic E-state index is 13.5. The number of hydrogen-bond donors (Lipinski definition) is 2. The van der Waals surface area contributed by atoms with Crippen molar-refractivity contribution < 1.29 is 13.2 Å². The largest absolute Gasteiger partial charge is 0.373 e. The second kappa shape index (κ2) is 11.7. The van der Waals surface area contributed by atoms with E-state index in [1.165, 1.54) is 4.88 Å². The molecule has 222 valence electrons. The van der Waals surface area contributed by atoms with Gasteiger partial charge in [-0.3, -0.25) is 9.59 Å². The first-order valence-electron chi connectivity index (χ1n) is 14.4. The van der Waals surface area contributed by atoms with E-state index in [1.54, 1.807) is 24.5 Å². The first-order valence-corrected chi connectivity index (χ1v) is 17.1. The van der Waals surface area contributed by atoms with Gasteiger partial charge in [0.1, 0.15) is 11.4 Å². The van der Waals surface area contributed by atoms with E-state index in [0.29, 0.717) is 30.0 Å². The molecule has 12 heteroatoms. The Morgan fingerprint density at radius 1 is 1.17 bits per heavy atom. The highest BCUT2D eigenvalue weighted by Gasteiger charge is 2.35. The van der Waals surface area contributed by atoms with Gasteiger partial charge in [0.2, 0.25) is 0 Å². The average Bonchev–Trinajstić information content (AvgIpc) is 3.73. The topological polar surface area (TPSA) is 122 Å². The van der Waals surface area contributed by atoms with Crippen molar-refractivity contribution in [1.82, 2.24) is 24.8 Å². The SMILES string of the molecule is CCS(=O)(=O)CCN1CCC(N2Cc3cc4nc(-c5c(N(C)CCc6cccs6)cc[nH]c5=O)[nH]c4cc3C2=O)CC1. The van der Waals surface area contributed by atoms with Gasteiger partial charge >= 0.3 is 0 Å². The number of imidazole rings is 1. The summed E-state index contributed by atoms with van der Waals surface area (Å²) < 4.78 is 23.8. The van der Waals surface area contributed by atoms with Gasteiger partial charge in [0, 0.05) is 68.2 Å². The van der Waals surface area contributed by atoms with Crippen LogP contribution in [0.2, 0.25) is 0 Å². The molecule has 1 fully saturated rings. The van der Waals surface area contributed by atoms with Gasteiger partial charge in [-0.05, 0) is 54.5 Å². The second-order valence-electron chi connectivity index (χ2n) is 11.2. The molecule has 42 heavy (non-hydrogen) atoms. The standard InChI is InChI=1S/C30H36N6O4S2/c1-3-42(39,40)16-14-35-12-7-21(8-13-35)36-19-20-17-24-25(18-23(20)30(36)38)33-28(32-24)27-26(6-10-31-29(27)37)34(2)11-9-22-5-4-15-41-22/h4-6,10,15,17-18,21H,3,7-9,11-14,16,19H2,1-2H3,(H,31,37)(H,32,33). The van der Waals surface area contributed by atoms with Crippen molar-refractivity contribution in [2.75, 3.05) is 49.6 Å². The summed E-state index contributed by atoms with van der Waals surface area (Å²) in [5.41, 5.74) is 4.11. The zero-order valence-corrected chi connectivity index (χ0v) is 25.6. The van der Waals surface area contributed by atoms with E-state index >= 15 is 0 Å². The van der Waals surface area contributed by atoms with Gasteiger partial charge in [-0.1, -0.05) is 13.0 Å². The van der Waals surface area contributed by atoms with Crippen molar-refractivity contribution in [3.05, 3.63) is 68.3 Å². The molecule has 0 aliphatic carbocycles. The van der Waals surface area contributed by atoms with E-state index in [-0.39, 0.29) is 29.0 Å². The number of piperidine rings is 1. The highest BCUT2D eigenvalue weighted by atomic mass is 32.2. The van der Waals surface area contributed by atoms with Gasteiger partial charge in [0.05, 0.1) is 22.5 Å². The average molecular weight is 609 g/mol. The Morgan fingerprint density at radius 2 is 1.98 bits per heavy atom. The van der Waals surface area contributed by atoms with Crippen molar-refractivity contribution in [3.63, 3.8) is 0 Å². The number of pyridine rings is 1. The van der Waals surface area contributed by atoms with Crippen LogP contribution in [0.4, 0.5) is 5.69 Å². The lowest BCUT2D eigenvalue weighted by atomic mass is 10.0. The number of rotatable bonds is 10. The summed E-state index contributed by atoms with van der Waals surface area (Å²) in [6.07, 6.45) is 4.19. The minimum absolute atomic E-state index is 0.0154. The molecule has 2 aliphatic rings. The number of anilines is 1. The summed E-state index contributed by atoms with van der Waals surface area (Å²) in [6.45, 7) is 5.08. The third-order valence-electron chi connectivity index (χ3n) is 8.56. The van der Waals surface area contributed by atoms with Crippen LogP contribution in [-0.2, 0) is 22.8 Å². The monoisotopic (exact) mass is 608 g/mol. The molecular weight excluding hydrogens is 573 g/mol. The van der Waals surface area contributed by atoms with E-state index in [4.69, 9.17) is 4.98 Å². The van der Waals surface area contributed by atoms with Gasteiger partial charge in [0.25, 0.3) is 11.5 Å². The molecule has 1 aromatic carbocycles. The Labute approximate surface area is 249 Å². The minimum atomic E-state index is -2.98. The van der Waals surface area contributed by atoms with E-state index in [2.05, 4.69) is 31.2 Å². The summed E-state index contributed by atoms with van der Waals surface area (Å²) in [4.78, 5) is 44.9. The molecule has 0 radical (unpaired) electrons. The summed E-state index contributed by atoms with van der Waals surface area (Å²) >= 11 is 1.72. The van der Waals surface area contributed by atoms with E-state index in [9.17, 15) is 18.0 Å². The van der Waals surface area contributed by atoms with Crippen LogP contribution in [-0.4, -0.2) is 89.9 Å². The molecule has 5 heterocycles. The first kappa shape index (κ1) is 28.6. The molecule has 0 atom stereocenters. The molecule has 3 aromatic heterocycles. The summed E-state index contributed by atoms with van der Waals surface area (Å²) in [6, 6.07) is 10.0. The van der Waals surface area contributed by atoms with Gasteiger partial charge in [-0.15, -0.1) is 11.3 Å². The molecule has 2 N–H and O–H groups in total. The predicted molar refractivity (Wildman–Crippen MR) is 167 cm³/mol. The molecule has 4 aromatic rings. The fourth-order valence-electron chi connectivity index (χ4n) is 5.99. The Hall–Kier alpha value is -3.48. The van der Waals surface area contributed by atoms with Crippen LogP contribution in [0.5, 0.6) is 0 Å². The van der Waals surface area contributed by atoms with Gasteiger partial charge < -0.3 is 24.7 Å². The minimum Gasteiger partial charge on any atom is -0.373 e. The smallest absolute Gasteiger partial charge is 0.261 e. The highest BCUT2D eigenvalue weighted by molar-refractivity contribution is 7.91. The van der Waals surface area contributed by atoms with Crippen LogP contribution in [0, 0.1) is 0 Å². The number of sulfone groups is 1. The number of benzene rings is 1. The van der Waals surface area contributed by atoms with Gasteiger partial charge in [-0.25, -0.2) is 13.4 Å². The normalized spacial score (nSPS) is 16.4. The number of aromatic nitrogens is 3. The molecule has 1 amide bonds. The summed E-state index contributed by atoms with van der Waals surface area (Å²) in [7, 11) is -1.00. The molecule has 0 bridgehead atoms. The Morgan fingerprint density at radius 3 is 2.71 bits per heavy atom. The number of likely N-dealkylation sites (tertiary alicyclic amines) is 1. The van der Waals surface area contributed by atoms with Crippen LogP contribution < -0.4 is 10.5 Å². The van der Waals surface area contributed by atoms with E-state index in [1.807, 2.05) is 36.2 Å². The van der Waals surface area contributed by atoms with Crippen molar-refractivity contribution in [2.45, 2.75) is 38.8 Å². The Kier molecular flexibility index (Phi) is 7.95. The number of carbonyl (C=O) groups is 1. The Bertz CT molecular complexity index is 1750. The van der Waals surface area contributed by atoms with Crippen LogP contribution in [0.25, 0.3) is 22.4 Å². The molecular formula is C30H36N6O4S2. The number of thiophene rings is 1. The summed E-state index contributed by atoms with van der Waals surface area (Å²) in [5, 5.41) is 2.07. The van der Waals surface area contributed by atoms with Crippen LogP contribution in [0.3, 0.4) is 0 Å². The number of nitrogens with zero attached hydrogens (tertiary/aromatic N) is 4. The number of carbonyl (C=O) groups excluding carboxylic acids is 1. The number of likely N-dealkylation sites (N-methyl/N-ethyl adjacent to an activating group) is 1. The molecule has 0 unspecified atom stereocenters. The number of nitrogens with one attached hydrogen (secondary N) is 2. The number of aromatic amines is 2. The summed E-state index contributed by atoms with van der Waals surface area (Å²) in [5.74, 6) is 0.854. The highest BCUT2D eigenvalue weighted by Crippen LogP contribution is 2.33. The van der Waals surface area contributed by atoms with Crippen LogP contribution in [0.15, 0.2) is 46.7 Å². The molecule has 1 saturated heterocycles. The molecule has 0 spiro atoms. The first-order chi connectivity index (χ1) is 20.2. The lowest BCUT2D eigenvalue weighted by Crippen LogP contribution is -2.46. The van der Waals surface area contributed by atoms with Crippen LogP contribution >= 0.6 is 11.3 Å². The lowest BCUT2D eigenvalue weighted by molar-refractivity contribution is 0.0603.